The maximum Gasteiger partial charge on any atom is 0.325 e. The number of urea groups is 1. The molecule has 21 heavy (non-hydrogen) atoms. The molecule has 2 amide bonds. The number of aryl methyl sites for hydroxylation is 1. The second-order valence-electron chi connectivity index (χ2n) is 4.30. The van der Waals surface area contributed by atoms with E-state index in [9.17, 15) is 9.59 Å². The van der Waals surface area contributed by atoms with Gasteiger partial charge < -0.3 is 10.1 Å². The molecule has 1 heterocycles. The number of nitrogens with zero attached hydrogens (tertiary/aromatic N) is 1. The number of rotatable bonds is 4. The fourth-order valence-electron chi connectivity index (χ4n) is 1.71. The van der Waals surface area contributed by atoms with Crippen LogP contribution in [0.25, 0.3) is 0 Å². The third kappa shape index (κ3) is 3.79. The summed E-state index contributed by atoms with van der Waals surface area (Å²) in [5, 5.41) is 5.68. The SMILES string of the molecule is COc1ccc(NC(=O)Nc2nc(C)c(C(C)=O)s2)cc1. The summed E-state index contributed by atoms with van der Waals surface area (Å²) in [6.45, 7) is 3.21. The van der Waals surface area contributed by atoms with Crippen molar-refractivity contribution < 1.29 is 14.3 Å². The van der Waals surface area contributed by atoms with E-state index in [2.05, 4.69) is 15.6 Å². The van der Waals surface area contributed by atoms with Crippen LogP contribution in [0, 0.1) is 6.92 Å². The molecule has 0 unspecified atom stereocenters. The van der Waals surface area contributed by atoms with Gasteiger partial charge in [0.15, 0.2) is 10.9 Å². The van der Waals surface area contributed by atoms with Crippen LogP contribution in [0.1, 0.15) is 22.3 Å². The number of ether oxygens (including phenoxy) is 1. The molecule has 1 aromatic carbocycles. The molecule has 1 aromatic heterocycles. The van der Waals surface area contributed by atoms with E-state index in [4.69, 9.17) is 4.74 Å². The Bertz CT molecular complexity index is 665. The van der Waals surface area contributed by atoms with Gasteiger partial charge in [-0.05, 0) is 31.2 Å². The quantitative estimate of drug-likeness (QED) is 0.849. The Morgan fingerprint density at radius 1 is 1.19 bits per heavy atom. The van der Waals surface area contributed by atoms with Crippen LogP contribution in [-0.4, -0.2) is 23.9 Å². The minimum atomic E-state index is -0.413. The van der Waals surface area contributed by atoms with Crippen molar-refractivity contribution in [1.29, 1.82) is 0 Å². The van der Waals surface area contributed by atoms with Crippen molar-refractivity contribution in [2.75, 3.05) is 17.7 Å². The molecular weight excluding hydrogens is 290 g/mol. The van der Waals surface area contributed by atoms with Crippen LogP contribution in [0.3, 0.4) is 0 Å². The van der Waals surface area contributed by atoms with Gasteiger partial charge in [0.05, 0.1) is 17.7 Å². The number of thiazole rings is 1. The van der Waals surface area contributed by atoms with Crippen molar-refractivity contribution in [3.63, 3.8) is 0 Å². The maximum atomic E-state index is 11.9. The number of methoxy groups -OCH3 is 1. The fourth-order valence-corrected chi connectivity index (χ4v) is 2.57. The lowest BCUT2D eigenvalue weighted by Gasteiger charge is -2.06. The predicted octanol–water partition coefficient (Wildman–Crippen LogP) is 3.31. The van der Waals surface area contributed by atoms with Gasteiger partial charge in [0.1, 0.15) is 5.75 Å². The molecular formula is C14H15N3O3S. The smallest absolute Gasteiger partial charge is 0.325 e. The zero-order chi connectivity index (χ0) is 15.4. The van der Waals surface area contributed by atoms with Crippen LogP contribution in [0.2, 0.25) is 0 Å². The van der Waals surface area contributed by atoms with Gasteiger partial charge >= 0.3 is 6.03 Å². The van der Waals surface area contributed by atoms with Crippen LogP contribution in [0.15, 0.2) is 24.3 Å². The van der Waals surface area contributed by atoms with Crippen molar-refractivity contribution >= 4 is 34.0 Å². The lowest BCUT2D eigenvalue weighted by atomic mass is 10.3. The lowest BCUT2D eigenvalue weighted by Crippen LogP contribution is -2.19. The van der Waals surface area contributed by atoms with Crippen LogP contribution < -0.4 is 15.4 Å². The predicted molar refractivity (Wildman–Crippen MR) is 82.5 cm³/mol. The number of ketones is 1. The van der Waals surface area contributed by atoms with Crippen LogP contribution >= 0.6 is 11.3 Å². The van der Waals surface area contributed by atoms with E-state index in [0.29, 0.717) is 27.1 Å². The van der Waals surface area contributed by atoms with Crippen LogP contribution in [0.5, 0.6) is 5.75 Å². The van der Waals surface area contributed by atoms with Gasteiger partial charge in [0.25, 0.3) is 0 Å². The fraction of sp³-hybridized carbons (Fsp3) is 0.214. The average molecular weight is 305 g/mol. The first kappa shape index (κ1) is 15.0. The van der Waals surface area contributed by atoms with Gasteiger partial charge in [0, 0.05) is 12.6 Å². The normalized spacial score (nSPS) is 10.0. The zero-order valence-corrected chi connectivity index (χ0v) is 12.7. The summed E-state index contributed by atoms with van der Waals surface area (Å²) in [5.74, 6) is 0.649. The van der Waals surface area contributed by atoms with Gasteiger partial charge in [-0.15, -0.1) is 0 Å². The molecule has 0 spiro atoms. The second-order valence-corrected chi connectivity index (χ2v) is 5.30. The molecule has 0 aliphatic carbocycles. The third-order valence-electron chi connectivity index (χ3n) is 2.68. The average Bonchev–Trinajstić information content (AvgIpc) is 2.80. The van der Waals surface area contributed by atoms with E-state index in [1.165, 1.54) is 6.92 Å². The highest BCUT2D eigenvalue weighted by molar-refractivity contribution is 7.17. The summed E-state index contributed by atoms with van der Waals surface area (Å²) in [4.78, 5) is 27.9. The Morgan fingerprint density at radius 2 is 1.86 bits per heavy atom. The molecule has 2 rings (SSSR count). The van der Waals surface area contributed by atoms with Crippen molar-refractivity contribution in [2.45, 2.75) is 13.8 Å². The number of amides is 2. The summed E-state index contributed by atoms with van der Waals surface area (Å²) >= 11 is 1.16. The van der Waals surface area contributed by atoms with E-state index >= 15 is 0 Å². The molecule has 0 saturated carbocycles. The largest absolute Gasteiger partial charge is 0.497 e. The highest BCUT2D eigenvalue weighted by atomic mass is 32.1. The summed E-state index contributed by atoms with van der Waals surface area (Å²) in [5.41, 5.74) is 1.25. The highest BCUT2D eigenvalue weighted by Gasteiger charge is 2.13. The number of nitrogens with one attached hydrogen (secondary N) is 2. The van der Waals surface area contributed by atoms with E-state index in [1.807, 2.05) is 0 Å². The molecule has 0 fully saturated rings. The summed E-state index contributed by atoms with van der Waals surface area (Å²) in [6.07, 6.45) is 0. The minimum absolute atomic E-state index is 0.0615. The Labute approximate surface area is 126 Å². The lowest BCUT2D eigenvalue weighted by molar-refractivity contribution is 0.102. The molecule has 0 atom stereocenters. The van der Waals surface area contributed by atoms with Crippen molar-refractivity contribution in [3.05, 3.63) is 34.8 Å². The number of Topliss-reactive ketones (excluding diaryl/α,β-unsaturated/α-hetero) is 1. The molecule has 7 heteroatoms. The number of anilines is 2. The molecule has 2 aromatic rings. The van der Waals surface area contributed by atoms with E-state index in [-0.39, 0.29) is 5.78 Å². The van der Waals surface area contributed by atoms with Gasteiger partial charge in [-0.2, -0.15) is 0 Å². The zero-order valence-electron chi connectivity index (χ0n) is 11.9. The van der Waals surface area contributed by atoms with Gasteiger partial charge in [-0.1, -0.05) is 11.3 Å². The molecule has 0 radical (unpaired) electrons. The van der Waals surface area contributed by atoms with Crippen LogP contribution in [0.4, 0.5) is 15.6 Å². The molecule has 2 N–H and O–H groups in total. The number of benzene rings is 1. The molecule has 6 nitrogen and oxygen atoms in total. The van der Waals surface area contributed by atoms with E-state index < -0.39 is 6.03 Å². The Morgan fingerprint density at radius 3 is 2.38 bits per heavy atom. The van der Waals surface area contributed by atoms with Crippen molar-refractivity contribution in [2.24, 2.45) is 0 Å². The van der Waals surface area contributed by atoms with E-state index in [0.717, 1.165) is 11.3 Å². The number of aromatic nitrogens is 1. The molecule has 0 saturated heterocycles. The number of carbonyl (C=O) groups excluding carboxylic acids is 2. The van der Waals surface area contributed by atoms with E-state index in [1.54, 1.807) is 38.3 Å². The Balaban J connectivity index is 2.01. The van der Waals surface area contributed by atoms with Crippen LogP contribution in [-0.2, 0) is 0 Å². The monoisotopic (exact) mass is 305 g/mol. The number of hydrogen-bond acceptors (Lipinski definition) is 5. The Kier molecular flexibility index (Phi) is 4.54. The highest BCUT2D eigenvalue weighted by Crippen LogP contribution is 2.23. The standard InChI is InChI=1S/C14H15N3O3S/c1-8-12(9(2)18)21-14(15-8)17-13(19)16-10-4-6-11(20-3)7-5-10/h4-7H,1-3H3,(H2,15,16,17,19). The first-order valence-electron chi connectivity index (χ1n) is 6.20. The maximum absolute atomic E-state index is 11.9. The van der Waals surface area contributed by atoms with Gasteiger partial charge in [0.2, 0.25) is 0 Å². The topological polar surface area (TPSA) is 80.3 Å². The molecule has 110 valence electrons. The minimum Gasteiger partial charge on any atom is -0.497 e. The second kappa shape index (κ2) is 6.36. The summed E-state index contributed by atoms with van der Waals surface area (Å²) in [6, 6.07) is 6.54. The summed E-state index contributed by atoms with van der Waals surface area (Å²) in [7, 11) is 1.58. The first-order chi connectivity index (χ1) is 9.99. The van der Waals surface area contributed by atoms with Crippen molar-refractivity contribution in [1.82, 2.24) is 4.98 Å². The van der Waals surface area contributed by atoms with Crippen molar-refractivity contribution in [3.8, 4) is 5.75 Å². The molecule has 0 aliphatic rings. The third-order valence-corrected chi connectivity index (χ3v) is 3.86. The molecule has 0 aliphatic heterocycles. The Hall–Kier alpha value is -2.41. The molecule has 0 bridgehead atoms. The number of carbonyl (C=O) groups is 2. The van der Waals surface area contributed by atoms with Gasteiger partial charge in [-0.3, -0.25) is 10.1 Å². The summed E-state index contributed by atoms with van der Waals surface area (Å²) < 4.78 is 5.04. The first-order valence-corrected chi connectivity index (χ1v) is 7.01. The van der Waals surface area contributed by atoms with Gasteiger partial charge in [-0.25, -0.2) is 9.78 Å². The number of hydrogen-bond donors (Lipinski definition) is 2.